The van der Waals surface area contributed by atoms with Gasteiger partial charge in [-0.15, -0.1) is 0 Å². The molecule has 1 amide bonds. The third kappa shape index (κ3) is 5.29. The highest BCUT2D eigenvalue weighted by molar-refractivity contribution is 6.31. The number of hydrogen-bond acceptors (Lipinski definition) is 3. The Morgan fingerprint density at radius 1 is 1.38 bits per heavy atom. The number of aromatic nitrogens is 2. The molecular formula is C18H20ClF2N3O2. The van der Waals surface area contributed by atoms with Crippen molar-refractivity contribution in [3.05, 3.63) is 46.8 Å². The minimum Gasteiger partial charge on any atom is -0.433 e. The molecule has 8 heteroatoms. The van der Waals surface area contributed by atoms with E-state index in [1.54, 1.807) is 23.7 Å². The van der Waals surface area contributed by atoms with E-state index in [1.165, 1.54) is 24.3 Å². The van der Waals surface area contributed by atoms with Crippen molar-refractivity contribution in [1.82, 2.24) is 9.78 Å². The number of ether oxygens (including phenoxy) is 1. The maximum Gasteiger partial charge on any atom is 0.387 e. The van der Waals surface area contributed by atoms with Crippen LogP contribution in [0.4, 0.5) is 14.5 Å². The molecule has 0 aliphatic heterocycles. The first-order valence-corrected chi connectivity index (χ1v) is 8.41. The minimum atomic E-state index is -2.98. The minimum absolute atomic E-state index is 0.108. The van der Waals surface area contributed by atoms with Crippen LogP contribution in [0.15, 0.2) is 30.3 Å². The highest BCUT2D eigenvalue weighted by Crippen LogP contribution is 2.26. The van der Waals surface area contributed by atoms with E-state index in [0.717, 1.165) is 0 Å². The fourth-order valence-corrected chi connectivity index (χ4v) is 2.63. The highest BCUT2D eigenvalue weighted by Gasteiger charge is 2.13. The second-order valence-electron chi connectivity index (χ2n) is 6.06. The van der Waals surface area contributed by atoms with Crippen molar-refractivity contribution in [3.63, 3.8) is 0 Å². The number of nitrogens with zero attached hydrogens (tertiary/aromatic N) is 2. The van der Waals surface area contributed by atoms with Gasteiger partial charge in [0.05, 0.1) is 11.4 Å². The van der Waals surface area contributed by atoms with Crippen molar-refractivity contribution in [2.24, 2.45) is 5.92 Å². The number of aryl methyl sites for hydroxylation is 1. The molecule has 0 saturated heterocycles. The summed E-state index contributed by atoms with van der Waals surface area (Å²) in [5.41, 5.74) is 1.49. The monoisotopic (exact) mass is 383 g/mol. The van der Waals surface area contributed by atoms with Crippen LogP contribution >= 0.6 is 11.6 Å². The molecule has 0 fully saturated rings. The second-order valence-corrected chi connectivity index (χ2v) is 6.42. The summed E-state index contributed by atoms with van der Waals surface area (Å²) in [6, 6.07) is 5.97. The van der Waals surface area contributed by atoms with Gasteiger partial charge in [0.15, 0.2) is 0 Å². The van der Waals surface area contributed by atoms with Gasteiger partial charge in [-0.25, -0.2) is 0 Å². The van der Waals surface area contributed by atoms with Crippen molar-refractivity contribution >= 4 is 29.3 Å². The maximum absolute atomic E-state index is 12.4. The van der Waals surface area contributed by atoms with Crippen molar-refractivity contribution in [2.75, 3.05) is 5.32 Å². The number of carbonyl (C=O) groups is 1. The number of benzene rings is 1. The van der Waals surface area contributed by atoms with Crippen LogP contribution in [0, 0.1) is 12.8 Å². The van der Waals surface area contributed by atoms with Crippen LogP contribution in [0.5, 0.6) is 5.75 Å². The van der Waals surface area contributed by atoms with E-state index in [0.29, 0.717) is 28.9 Å². The van der Waals surface area contributed by atoms with Crippen LogP contribution in [0.25, 0.3) is 6.08 Å². The van der Waals surface area contributed by atoms with E-state index in [2.05, 4.69) is 29.0 Å². The number of halogens is 3. The second kappa shape index (κ2) is 8.80. The number of amides is 1. The third-order valence-corrected chi connectivity index (χ3v) is 3.81. The van der Waals surface area contributed by atoms with Gasteiger partial charge in [0.1, 0.15) is 10.9 Å². The van der Waals surface area contributed by atoms with Crippen LogP contribution in [0.1, 0.15) is 25.1 Å². The lowest BCUT2D eigenvalue weighted by atomic mass is 10.2. The number of carbonyl (C=O) groups excluding carboxylic acids is 1. The van der Waals surface area contributed by atoms with Gasteiger partial charge < -0.3 is 10.1 Å². The van der Waals surface area contributed by atoms with Gasteiger partial charge in [-0.1, -0.05) is 37.6 Å². The Morgan fingerprint density at radius 3 is 2.73 bits per heavy atom. The number of alkyl halides is 2. The number of hydrogen-bond donors (Lipinski definition) is 1. The molecule has 1 aromatic carbocycles. The topological polar surface area (TPSA) is 56.2 Å². The molecule has 5 nitrogen and oxygen atoms in total. The van der Waals surface area contributed by atoms with Crippen molar-refractivity contribution in [2.45, 2.75) is 33.9 Å². The Morgan fingerprint density at radius 2 is 2.08 bits per heavy atom. The molecule has 1 N–H and O–H groups in total. The van der Waals surface area contributed by atoms with Crippen LogP contribution in [-0.2, 0) is 11.3 Å². The molecule has 1 heterocycles. The van der Waals surface area contributed by atoms with Gasteiger partial charge in [-0.05, 0) is 31.1 Å². The van der Waals surface area contributed by atoms with Crippen LogP contribution in [-0.4, -0.2) is 22.3 Å². The molecule has 2 rings (SSSR count). The predicted octanol–water partition coefficient (Wildman–Crippen LogP) is 4.75. The van der Waals surface area contributed by atoms with Gasteiger partial charge in [-0.3, -0.25) is 9.48 Å². The summed E-state index contributed by atoms with van der Waals surface area (Å²) in [5, 5.41) is 7.31. The maximum atomic E-state index is 12.4. The SMILES string of the molecule is Cc1nn(CC(C)C)c(Cl)c1/C=C/C(=O)Nc1ccccc1OC(F)F. The number of anilines is 1. The normalized spacial score (nSPS) is 11.5. The molecule has 0 unspecified atom stereocenters. The quantitative estimate of drug-likeness (QED) is 0.702. The van der Waals surface area contributed by atoms with Crippen LogP contribution < -0.4 is 10.1 Å². The molecule has 0 bridgehead atoms. The first-order valence-electron chi connectivity index (χ1n) is 8.03. The Kier molecular flexibility index (Phi) is 6.74. The zero-order valence-electron chi connectivity index (χ0n) is 14.7. The number of nitrogens with one attached hydrogen (secondary N) is 1. The molecular weight excluding hydrogens is 364 g/mol. The molecule has 0 radical (unpaired) electrons. The summed E-state index contributed by atoms with van der Waals surface area (Å²) in [6.45, 7) is 3.59. The van der Waals surface area contributed by atoms with Gasteiger partial charge in [0.25, 0.3) is 0 Å². The van der Waals surface area contributed by atoms with Crippen LogP contribution in [0.2, 0.25) is 5.15 Å². The lowest BCUT2D eigenvalue weighted by Crippen LogP contribution is -2.11. The first-order chi connectivity index (χ1) is 12.3. The van der Waals surface area contributed by atoms with E-state index in [-0.39, 0.29) is 11.4 Å². The fourth-order valence-electron chi connectivity index (χ4n) is 2.33. The fraction of sp³-hybridized carbons (Fsp3) is 0.333. The third-order valence-electron chi connectivity index (χ3n) is 3.41. The lowest BCUT2D eigenvalue weighted by Gasteiger charge is -2.10. The van der Waals surface area contributed by atoms with Gasteiger partial charge in [0.2, 0.25) is 5.91 Å². The summed E-state index contributed by atoms with van der Waals surface area (Å²) >= 11 is 6.31. The van der Waals surface area contributed by atoms with Gasteiger partial charge in [0, 0.05) is 18.2 Å². The van der Waals surface area contributed by atoms with E-state index in [4.69, 9.17) is 11.6 Å². The van der Waals surface area contributed by atoms with E-state index in [1.807, 2.05) is 0 Å². The van der Waals surface area contributed by atoms with Crippen LogP contribution in [0.3, 0.4) is 0 Å². The van der Waals surface area contributed by atoms with Crippen molar-refractivity contribution in [1.29, 1.82) is 0 Å². The molecule has 0 spiro atoms. The molecule has 0 aliphatic rings. The van der Waals surface area contributed by atoms with E-state index >= 15 is 0 Å². The molecule has 26 heavy (non-hydrogen) atoms. The number of rotatable bonds is 7. The van der Waals surface area contributed by atoms with E-state index < -0.39 is 12.5 Å². The Labute approximate surface area is 155 Å². The molecule has 1 aromatic heterocycles. The Balaban J connectivity index is 2.13. The average Bonchev–Trinajstić information content (AvgIpc) is 2.80. The lowest BCUT2D eigenvalue weighted by molar-refractivity contribution is -0.111. The Hall–Kier alpha value is -2.41. The summed E-state index contributed by atoms with van der Waals surface area (Å²) in [4.78, 5) is 12.1. The van der Waals surface area contributed by atoms with Crippen molar-refractivity contribution in [3.8, 4) is 5.75 Å². The van der Waals surface area contributed by atoms with Gasteiger partial charge >= 0.3 is 6.61 Å². The molecule has 140 valence electrons. The predicted molar refractivity (Wildman–Crippen MR) is 97.5 cm³/mol. The zero-order valence-corrected chi connectivity index (χ0v) is 15.4. The first kappa shape index (κ1) is 19.9. The van der Waals surface area contributed by atoms with Gasteiger partial charge in [-0.2, -0.15) is 13.9 Å². The standard InChI is InChI=1S/C18H20ClF2N3O2/c1-11(2)10-24-17(19)13(12(3)23-24)8-9-16(25)22-14-6-4-5-7-15(14)26-18(20)21/h4-9,11,18H,10H2,1-3H3,(H,22,25)/b9-8+. The number of para-hydroxylation sites is 2. The molecule has 0 saturated carbocycles. The van der Waals surface area contributed by atoms with E-state index in [9.17, 15) is 13.6 Å². The summed E-state index contributed by atoms with van der Waals surface area (Å²) in [7, 11) is 0. The summed E-state index contributed by atoms with van der Waals surface area (Å²) in [5.74, 6) is -0.233. The zero-order chi connectivity index (χ0) is 19.3. The molecule has 0 atom stereocenters. The summed E-state index contributed by atoms with van der Waals surface area (Å²) in [6.07, 6.45) is 2.82. The highest BCUT2D eigenvalue weighted by atomic mass is 35.5. The average molecular weight is 384 g/mol. The molecule has 2 aromatic rings. The largest absolute Gasteiger partial charge is 0.433 e. The van der Waals surface area contributed by atoms with Crippen molar-refractivity contribution < 1.29 is 18.3 Å². The smallest absolute Gasteiger partial charge is 0.387 e. The Bertz CT molecular complexity index is 804. The molecule has 0 aliphatic carbocycles. The summed E-state index contributed by atoms with van der Waals surface area (Å²) < 4.78 is 30.9.